The zero-order chi connectivity index (χ0) is 14.9. The lowest BCUT2D eigenvalue weighted by molar-refractivity contribution is 0.0686. The Morgan fingerprint density at radius 2 is 1.95 bits per heavy atom. The normalized spacial score (nSPS) is 10.8. The molecule has 1 aromatic heterocycles. The van der Waals surface area contributed by atoms with Crippen LogP contribution in [0.5, 0.6) is 0 Å². The Balaban J connectivity index is 2.73. The Morgan fingerprint density at radius 3 is 2.55 bits per heavy atom. The molecule has 0 bridgehead atoms. The number of hydrogen-bond acceptors (Lipinski definition) is 3. The molecule has 1 heterocycles. The van der Waals surface area contributed by atoms with Crippen LogP contribution < -0.4 is 5.43 Å². The average Bonchev–Trinajstić information content (AvgIpc) is 2.38. The van der Waals surface area contributed by atoms with Crippen LogP contribution in [-0.2, 0) is 0 Å². The second-order valence-electron chi connectivity index (χ2n) is 4.93. The van der Waals surface area contributed by atoms with Crippen LogP contribution in [0.2, 0.25) is 0 Å². The van der Waals surface area contributed by atoms with E-state index in [1.807, 2.05) is 24.3 Å². The maximum Gasteiger partial charge on any atom is 0.360 e. The maximum atomic E-state index is 11.6. The Morgan fingerprint density at radius 1 is 1.30 bits per heavy atom. The number of nitrogens with zero attached hydrogens (tertiary/aromatic N) is 2. The monoisotopic (exact) mass is 272 g/mol. The van der Waals surface area contributed by atoms with Crippen molar-refractivity contribution in [2.75, 3.05) is 0 Å². The average molecular weight is 272 g/mol. The van der Waals surface area contributed by atoms with E-state index in [1.54, 1.807) is 6.92 Å². The van der Waals surface area contributed by atoms with Crippen LogP contribution in [0.25, 0.3) is 5.69 Å². The summed E-state index contributed by atoms with van der Waals surface area (Å²) in [7, 11) is 0. The maximum absolute atomic E-state index is 11.6. The first-order chi connectivity index (χ1) is 9.41. The molecule has 0 spiro atoms. The SMILES string of the molecule is Cc1cc(=O)c(C(=O)O)nn1-c1ccccc1C(C)C. The molecule has 0 saturated heterocycles. The highest BCUT2D eigenvalue weighted by atomic mass is 16.4. The molecular formula is C15H16N2O3. The number of benzene rings is 1. The van der Waals surface area contributed by atoms with Crippen LogP contribution in [0.1, 0.15) is 41.5 Å². The first-order valence-corrected chi connectivity index (χ1v) is 6.35. The summed E-state index contributed by atoms with van der Waals surface area (Å²) in [5.41, 5.74) is 1.40. The van der Waals surface area contributed by atoms with E-state index in [2.05, 4.69) is 18.9 Å². The van der Waals surface area contributed by atoms with Gasteiger partial charge in [0, 0.05) is 11.8 Å². The summed E-state index contributed by atoms with van der Waals surface area (Å²) in [5, 5.41) is 13.0. The summed E-state index contributed by atoms with van der Waals surface area (Å²) < 4.78 is 1.51. The number of carbonyl (C=O) groups is 1. The summed E-state index contributed by atoms with van der Waals surface area (Å²) in [4.78, 5) is 22.7. The highest BCUT2D eigenvalue weighted by molar-refractivity contribution is 5.84. The number of aromatic nitrogens is 2. The van der Waals surface area contributed by atoms with E-state index in [9.17, 15) is 9.59 Å². The molecule has 0 atom stereocenters. The van der Waals surface area contributed by atoms with Gasteiger partial charge in [-0.1, -0.05) is 32.0 Å². The number of aryl methyl sites for hydroxylation is 1. The predicted octanol–water partition coefficient (Wildman–Crippen LogP) is 2.36. The predicted molar refractivity (Wildman–Crippen MR) is 75.6 cm³/mol. The third-order valence-corrected chi connectivity index (χ3v) is 3.10. The van der Waals surface area contributed by atoms with Gasteiger partial charge in [0.2, 0.25) is 11.1 Å². The van der Waals surface area contributed by atoms with Crippen molar-refractivity contribution in [3.8, 4) is 5.69 Å². The first-order valence-electron chi connectivity index (χ1n) is 6.35. The molecule has 1 aromatic carbocycles. The molecule has 20 heavy (non-hydrogen) atoms. The topological polar surface area (TPSA) is 72.2 Å². The largest absolute Gasteiger partial charge is 0.476 e. The van der Waals surface area contributed by atoms with E-state index in [1.165, 1.54) is 10.7 Å². The summed E-state index contributed by atoms with van der Waals surface area (Å²) in [5.74, 6) is -1.05. The Kier molecular flexibility index (Phi) is 3.70. The van der Waals surface area contributed by atoms with Gasteiger partial charge in [0.25, 0.3) is 0 Å². The Hall–Kier alpha value is -2.43. The first kappa shape index (κ1) is 14.0. The molecule has 0 aliphatic rings. The van der Waals surface area contributed by atoms with Crippen LogP contribution in [0.15, 0.2) is 35.1 Å². The van der Waals surface area contributed by atoms with E-state index in [0.717, 1.165) is 11.3 Å². The van der Waals surface area contributed by atoms with Gasteiger partial charge in [-0.3, -0.25) is 4.79 Å². The van der Waals surface area contributed by atoms with Crippen LogP contribution in [0.4, 0.5) is 0 Å². The fraction of sp³-hybridized carbons (Fsp3) is 0.267. The van der Waals surface area contributed by atoms with Gasteiger partial charge in [-0.2, -0.15) is 5.10 Å². The lowest BCUT2D eigenvalue weighted by Crippen LogP contribution is -2.23. The van der Waals surface area contributed by atoms with Gasteiger partial charge in [0.1, 0.15) is 0 Å². The summed E-state index contributed by atoms with van der Waals surface area (Å²) in [6.07, 6.45) is 0. The van der Waals surface area contributed by atoms with Crippen molar-refractivity contribution in [3.05, 3.63) is 57.5 Å². The van der Waals surface area contributed by atoms with Crippen LogP contribution in [0, 0.1) is 6.92 Å². The van der Waals surface area contributed by atoms with Crippen molar-refractivity contribution in [2.24, 2.45) is 0 Å². The number of para-hydroxylation sites is 1. The van der Waals surface area contributed by atoms with Crippen molar-refractivity contribution in [1.82, 2.24) is 9.78 Å². The third-order valence-electron chi connectivity index (χ3n) is 3.10. The molecule has 0 aliphatic carbocycles. The number of aromatic carboxylic acids is 1. The van der Waals surface area contributed by atoms with E-state index in [0.29, 0.717) is 5.69 Å². The highest BCUT2D eigenvalue weighted by Crippen LogP contribution is 2.22. The van der Waals surface area contributed by atoms with E-state index >= 15 is 0 Å². The van der Waals surface area contributed by atoms with Crippen molar-refractivity contribution in [2.45, 2.75) is 26.7 Å². The molecule has 2 aromatic rings. The van der Waals surface area contributed by atoms with E-state index in [-0.39, 0.29) is 5.92 Å². The molecule has 2 rings (SSSR count). The number of hydrogen-bond donors (Lipinski definition) is 1. The van der Waals surface area contributed by atoms with E-state index in [4.69, 9.17) is 5.11 Å². The van der Waals surface area contributed by atoms with Crippen LogP contribution in [-0.4, -0.2) is 20.9 Å². The molecule has 0 aliphatic heterocycles. The molecule has 0 amide bonds. The molecule has 1 N–H and O–H groups in total. The van der Waals surface area contributed by atoms with Gasteiger partial charge in [-0.25, -0.2) is 9.48 Å². The van der Waals surface area contributed by atoms with Gasteiger partial charge in [-0.15, -0.1) is 0 Å². The van der Waals surface area contributed by atoms with Crippen molar-refractivity contribution < 1.29 is 9.90 Å². The number of rotatable bonds is 3. The Bertz CT molecular complexity index is 717. The van der Waals surface area contributed by atoms with Gasteiger partial charge in [0.15, 0.2) is 0 Å². The minimum atomic E-state index is -1.31. The fourth-order valence-electron chi connectivity index (χ4n) is 2.11. The van der Waals surface area contributed by atoms with Gasteiger partial charge in [0.05, 0.1) is 5.69 Å². The highest BCUT2D eigenvalue weighted by Gasteiger charge is 2.16. The molecule has 0 saturated carbocycles. The summed E-state index contributed by atoms with van der Waals surface area (Å²) >= 11 is 0. The molecule has 0 unspecified atom stereocenters. The molecule has 0 fully saturated rings. The fourth-order valence-corrected chi connectivity index (χ4v) is 2.11. The standard InChI is InChI=1S/C15H16N2O3/c1-9(2)11-6-4-5-7-12(11)17-10(3)8-13(18)14(16-17)15(19)20/h4-9H,1-3H3,(H,19,20). The minimum absolute atomic E-state index is 0.264. The zero-order valence-corrected chi connectivity index (χ0v) is 11.6. The second-order valence-corrected chi connectivity index (χ2v) is 4.93. The lowest BCUT2D eigenvalue weighted by atomic mass is 10.0. The summed E-state index contributed by atoms with van der Waals surface area (Å²) in [6.45, 7) is 5.83. The Labute approximate surface area is 116 Å². The van der Waals surface area contributed by atoms with Crippen molar-refractivity contribution >= 4 is 5.97 Å². The number of carboxylic acids is 1. The minimum Gasteiger partial charge on any atom is -0.476 e. The molecule has 5 heteroatoms. The van der Waals surface area contributed by atoms with Crippen LogP contribution in [0.3, 0.4) is 0 Å². The summed E-state index contributed by atoms with van der Waals surface area (Å²) in [6, 6.07) is 8.92. The lowest BCUT2D eigenvalue weighted by Gasteiger charge is -2.16. The number of carboxylic acid groups (broad SMARTS) is 1. The van der Waals surface area contributed by atoms with Crippen molar-refractivity contribution in [3.63, 3.8) is 0 Å². The second kappa shape index (κ2) is 5.28. The quantitative estimate of drug-likeness (QED) is 0.931. The molecule has 0 radical (unpaired) electrons. The smallest absolute Gasteiger partial charge is 0.360 e. The molecule has 104 valence electrons. The van der Waals surface area contributed by atoms with E-state index < -0.39 is 17.1 Å². The third kappa shape index (κ3) is 2.47. The molecule has 5 nitrogen and oxygen atoms in total. The van der Waals surface area contributed by atoms with Gasteiger partial charge >= 0.3 is 5.97 Å². The van der Waals surface area contributed by atoms with Gasteiger partial charge in [-0.05, 0) is 24.5 Å². The zero-order valence-electron chi connectivity index (χ0n) is 11.6. The van der Waals surface area contributed by atoms with Gasteiger partial charge < -0.3 is 5.11 Å². The molecular weight excluding hydrogens is 256 g/mol. The van der Waals surface area contributed by atoms with Crippen LogP contribution >= 0.6 is 0 Å². The van der Waals surface area contributed by atoms with Crippen molar-refractivity contribution in [1.29, 1.82) is 0 Å².